The van der Waals surface area contributed by atoms with Crippen LogP contribution in [0.4, 0.5) is 5.69 Å². The third-order valence-electron chi connectivity index (χ3n) is 3.60. The first-order valence-electron chi connectivity index (χ1n) is 6.98. The fourth-order valence-electron chi connectivity index (χ4n) is 2.49. The zero-order valence-corrected chi connectivity index (χ0v) is 11.7. The van der Waals surface area contributed by atoms with Crippen LogP contribution in [0.1, 0.15) is 16.8 Å². The van der Waals surface area contributed by atoms with Crippen LogP contribution in [-0.2, 0) is 17.8 Å². The molecule has 1 aromatic carbocycles. The van der Waals surface area contributed by atoms with E-state index in [1.165, 1.54) is 0 Å². The molecule has 0 saturated carbocycles. The molecule has 1 aliphatic rings. The molecule has 4 nitrogen and oxygen atoms in total. The summed E-state index contributed by atoms with van der Waals surface area (Å²) in [6.07, 6.45) is 6.03. The average Bonchev–Trinajstić information content (AvgIpc) is 2.52. The van der Waals surface area contributed by atoms with Crippen LogP contribution in [0.3, 0.4) is 0 Å². The van der Waals surface area contributed by atoms with Crippen LogP contribution in [-0.4, -0.2) is 22.3 Å². The first-order chi connectivity index (χ1) is 10.2. The van der Waals surface area contributed by atoms with Crippen molar-refractivity contribution in [2.75, 3.05) is 12.3 Å². The summed E-state index contributed by atoms with van der Waals surface area (Å²) in [4.78, 5) is 18.4. The summed E-state index contributed by atoms with van der Waals surface area (Å²) in [6.45, 7) is 1.34. The summed E-state index contributed by atoms with van der Waals surface area (Å²) in [7, 11) is 0. The number of fused-ring (bicyclic) bond motifs is 1. The molecule has 3 rings (SSSR count). The highest BCUT2D eigenvalue weighted by atomic mass is 16.2. The van der Waals surface area contributed by atoms with Gasteiger partial charge in [-0.1, -0.05) is 18.2 Å². The molecule has 0 atom stereocenters. The third-order valence-corrected chi connectivity index (χ3v) is 3.60. The van der Waals surface area contributed by atoms with E-state index >= 15 is 0 Å². The second-order valence-electron chi connectivity index (χ2n) is 5.12. The normalized spacial score (nSPS) is 14.2. The van der Waals surface area contributed by atoms with Crippen LogP contribution < -0.4 is 5.73 Å². The van der Waals surface area contributed by atoms with Gasteiger partial charge < -0.3 is 10.6 Å². The molecule has 2 aromatic rings. The summed E-state index contributed by atoms with van der Waals surface area (Å²) in [5, 5.41) is 0. The molecule has 2 heterocycles. The average molecular weight is 279 g/mol. The van der Waals surface area contributed by atoms with Gasteiger partial charge in [0.25, 0.3) is 0 Å². The Morgan fingerprint density at radius 3 is 3.05 bits per heavy atom. The molecule has 1 aromatic heterocycles. The predicted octanol–water partition coefficient (Wildman–Crippen LogP) is 2.26. The monoisotopic (exact) mass is 279 g/mol. The molecule has 0 unspecified atom stereocenters. The van der Waals surface area contributed by atoms with Gasteiger partial charge in [-0.2, -0.15) is 0 Å². The summed E-state index contributed by atoms with van der Waals surface area (Å²) in [6, 6.07) is 11.4. The van der Waals surface area contributed by atoms with Crippen LogP contribution >= 0.6 is 0 Å². The zero-order valence-electron chi connectivity index (χ0n) is 11.7. The molecule has 0 radical (unpaired) electrons. The molecule has 2 N–H and O–H groups in total. The number of nitrogens with two attached hydrogens (primary N) is 1. The van der Waals surface area contributed by atoms with E-state index in [1.54, 1.807) is 18.3 Å². The Kier molecular flexibility index (Phi) is 3.69. The number of rotatable bonds is 2. The smallest absolute Gasteiger partial charge is 0.246 e. The van der Waals surface area contributed by atoms with Gasteiger partial charge in [-0.3, -0.25) is 9.78 Å². The number of nitrogen functional groups attached to an aromatic ring is 1. The van der Waals surface area contributed by atoms with Gasteiger partial charge in [0.2, 0.25) is 5.91 Å². The maximum atomic E-state index is 12.3. The van der Waals surface area contributed by atoms with Crippen molar-refractivity contribution in [3.8, 4) is 0 Å². The summed E-state index contributed by atoms with van der Waals surface area (Å²) >= 11 is 0. The Morgan fingerprint density at radius 1 is 1.29 bits per heavy atom. The molecule has 0 spiro atoms. The maximum Gasteiger partial charge on any atom is 0.246 e. The van der Waals surface area contributed by atoms with E-state index in [4.69, 9.17) is 5.73 Å². The number of amides is 1. The quantitative estimate of drug-likeness (QED) is 0.677. The van der Waals surface area contributed by atoms with Gasteiger partial charge >= 0.3 is 0 Å². The van der Waals surface area contributed by atoms with E-state index < -0.39 is 0 Å². The molecular weight excluding hydrogens is 262 g/mol. The fraction of sp³-hybridized carbons (Fsp3) is 0.176. The molecule has 0 bridgehead atoms. The van der Waals surface area contributed by atoms with Gasteiger partial charge in [-0.15, -0.1) is 0 Å². The highest BCUT2D eigenvalue weighted by molar-refractivity contribution is 5.92. The Hall–Kier alpha value is -2.62. The Bertz CT molecular complexity index is 694. The van der Waals surface area contributed by atoms with Crippen molar-refractivity contribution < 1.29 is 4.79 Å². The van der Waals surface area contributed by atoms with Crippen LogP contribution in [0.25, 0.3) is 6.08 Å². The van der Waals surface area contributed by atoms with Crippen LogP contribution in [0, 0.1) is 0 Å². The van der Waals surface area contributed by atoms with E-state index in [1.807, 2.05) is 41.3 Å². The SMILES string of the molecule is Nc1cccc(/C=C/C(=O)N2CCc3ncccc3C2)c1. The van der Waals surface area contributed by atoms with Gasteiger partial charge in [-0.05, 0) is 35.4 Å². The highest BCUT2D eigenvalue weighted by Gasteiger charge is 2.19. The molecule has 106 valence electrons. The molecule has 1 amide bonds. The Labute approximate surface area is 123 Å². The van der Waals surface area contributed by atoms with Crippen molar-refractivity contribution >= 4 is 17.7 Å². The van der Waals surface area contributed by atoms with Crippen molar-refractivity contribution in [2.45, 2.75) is 13.0 Å². The van der Waals surface area contributed by atoms with Crippen molar-refractivity contribution in [1.82, 2.24) is 9.88 Å². The maximum absolute atomic E-state index is 12.3. The number of pyridine rings is 1. The zero-order chi connectivity index (χ0) is 14.7. The van der Waals surface area contributed by atoms with E-state index in [0.29, 0.717) is 18.8 Å². The Morgan fingerprint density at radius 2 is 2.19 bits per heavy atom. The second-order valence-corrected chi connectivity index (χ2v) is 5.12. The number of anilines is 1. The number of nitrogens with zero attached hydrogens (tertiary/aromatic N) is 2. The van der Waals surface area contributed by atoms with E-state index in [2.05, 4.69) is 4.98 Å². The van der Waals surface area contributed by atoms with Gasteiger partial charge in [-0.25, -0.2) is 0 Å². The van der Waals surface area contributed by atoms with Crippen LogP contribution in [0.2, 0.25) is 0 Å². The van der Waals surface area contributed by atoms with Gasteiger partial charge in [0.05, 0.1) is 0 Å². The standard InChI is InChI=1S/C17H17N3O/c18-15-5-1-3-13(11-15)6-7-17(21)20-10-8-16-14(12-20)4-2-9-19-16/h1-7,9,11H,8,10,12,18H2/b7-6+. The lowest BCUT2D eigenvalue weighted by Gasteiger charge is -2.27. The van der Waals surface area contributed by atoms with Crippen molar-refractivity contribution in [1.29, 1.82) is 0 Å². The van der Waals surface area contributed by atoms with Crippen molar-refractivity contribution in [2.24, 2.45) is 0 Å². The molecule has 0 saturated heterocycles. The summed E-state index contributed by atoms with van der Waals surface area (Å²) < 4.78 is 0. The van der Waals surface area contributed by atoms with Crippen LogP contribution in [0.15, 0.2) is 48.7 Å². The minimum absolute atomic E-state index is 0.0203. The minimum atomic E-state index is 0.0203. The first kappa shape index (κ1) is 13.4. The number of hydrogen-bond donors (Lipinski definition) is 1. The van der Waals surface area contributed by atoms with E-state index in [-0.39, 0.29) is 5.91 Å². The lowest BCUT2D eigenvalue weighted by molar-refractivity contribution is -0.126. The minimum Gasteiger partial charge on any atom is -0.399 e. The second kappa shape index (κ2) is 5.79. The fourth-order valence-corrected chi connectivity index (χ4v) is 2.49. The lowest BCUT2D eigenvalue weighted by atomic mass is 10.1. The molecule has 0 aliphatic carbocycles. The largest absolute Gasteiger partial charge is 0.399 e. The van der Waals surface area contributed by atoms with Gasteiger partial charge in [0.1, 0.15) is 0 Å². The molecular formula is C17H17N3O. The van der Waals surface area contributed by atoms with E-state index in [0.717, 1.165) is 23.2 Å². The number of carbonyl (C=O) groups excluding carboxylic acids is 1. The molecule has 1 aliphatic heterocycles. The first-order valence-corrected chi connectivity index (χ1v) is 6.98. The predicted molar refractivity (Wildman–Crippen MR) is 83.2 cm³/mol. The summed E-state index contributed by atoms with van der Waals surface area (Å²) in [5.41, 5.74) is 9.59. The Balaban J connectivity index is 1.69. The number of hydrogen-bond acceptors (Lipinski definition) is 3. The lowest BCUT2D eigenvalue weighted by Crippen LogP contribution is -2.35. The van der Waals surface area contributed by atoms with Crippen molar-refractivity contribution in [3.63, 3.8) is 0 Å². The topological polar surface area (TPSA) is 59.2 Å². The molecule has 0 fully saturated rings. The molecule has 4 heteroatoms. The molecule has 21 heavy (non-hydrogen) atoms. The number of benzene rings is 1. The van der Waals surface area contributed by atoms with E-state index in [9.17, 15) is 4.79 Å². The van der Waals surface area contributed by atoms with Gasteiger partial charge in [0.15, 0.2) is 0 Å². The third kappa shape index (κ3) is 3.11. The number of carbonyl (C=O) groups is 1. The van der Waals surface area contributed by atoms with Crippen molar-refractivity contribution in [3.05, 3.63) is 65.5 Å². The van der Waals surface area contributed by atoms with Gasteiger partial charge in [0, 0.05) is 43.2 Å². The highest BCUT2D eigenvalue weighted by Crippen LogP contribution is 2.17. The number of aromatic nitrogens is 1. The summed E-state index contributed by atoms with van der Waals surface area (Å²) in [5.74, 6) is 0.0203. The van der Waals surface area contributed by atoms with Crippen LogP contribution in [0.5, 0.6) is 0 Å².